The predicted octanol–water partition coefficient (Wildman–Crippen LogP) is 23.7. The van der Waals surface area contributed by atoms with Gasteiger partial charge in [0.1, 0.15) is 11.2 Å². The molecule has 2 aliphatic rings. The highest BCUT2D eigenvalue weighted by atomic mass is 16.3. The van der Waals surface area contributed by atoms with Crippen LogP contribution in [0.1, 0.15) is 103 Å². The third kappa shape index (κ3) is 7.63. The normalized spacial score (nSPS) is 14.2. The summed E-state index contributed by atoms with van der Waals surface area (Å²) < 4.78 is 9.87. The number of anilines is 6. The molecule has 0 saturated heterocycles. The summed E-state index contributed by atoms with van der Waals surface area (Å²) in [5.74, 6) is 0. The highest BCUT2D eigenvalue weighted by molar-refractivity contribution is 6.27. The van der Waals surface area contributed by atoms with E-state index in [9.17, 15) is 0 Å². The van der Waals surface area contributed by atoms with Crippen LogP contribution in [0, 0.1) is 0 Å². The molecule has 3 aromatic heterocycles. The molecule has 0 bridgehead atoms. The minimum absolute atomic E-state index is 0.0356. The smallest absolute Gasteiger partial charge is 0.143 e. The van der Waals surface area contributed by atoms with E-state index in [0.717, 1.165) is 77.9 Å². The first-order valence-corrected chi connectivity index (χ1v) is 31.3. The fourth-order valence-electron chi connectivity index (χ4n) is 15.5. The van der Waals surface area contributed by atoms with E-state index in [1.165, 1.54) is 93.8 Å². The van der Waals surface area contributed by atoms with Crippen molar-refractivity contribution < 1.29 is 4.42 Å². The third-order valence-corrected chi connectivity index (χ3v) is 20.1. The monoisotopic (exact) mass is 1140 g/mol. The molecular weight excluding hydrogens is 1070 g/mol. The van der Waals surface area contributed by atoms with Gasteiger partial charge in [-0.2, -0.15) is 0 Å². The highest BCUT2D eigenvalue weighted by Crippen LogP contribution is 2.54. The Balaban J connectivity index is 0.877. The van der Waals surface area contributed by atoms with Crippen LogP contribution in [-0.2, 0) is 21.7 Å². The van der Waals surface area contributed by atoms with Gasteiger partial charge in [0, 0.05) is 88.7 Å². The predicted molar refractivity (Wildman–Crippen MR) is 373 cm³/mol. The Morgan fingerprint density at radius 2 is 0.807 bits per heavy atom. The van der Waals surface area contributed by atoms with E-state index in [1.807, 2.05) is 0 Å². The topological polar surface area (TPSA) is 24.0 Å². The van der Waals surface area contributed by atoms with E-state index in [-0.39, 0.29) is 21.7 Å². The van der Waals surface area contributed by atoms with Crippen molar-refractivity contribution in [1.82, 2.24) is 4.40 Å². The average Bonchev–Trinajstić information content (AvgIpc) is 1.56. The van der Waals surface area contributed by atoms with Gasteiger partial charge in [-0.05, 0) is 186 Å². The summed E-state index contributed by atoms with van der Waals surface area (Å²) in [7, 11) is 0. The molecule has 0 unspecified atom stereocenters. The summed E-state index contributed by atoms with van der Waals surface area (Å²) in [5.41, 5.74) is 27.3. The van der Waals surface area contributed by atoms with Crippen LogP contribution >= 0.6 is 0 Å². The number of benzene rings is 12. The van der Waals surface area contributed by atoms with Crippen molar-refractivity contribution in [3.63, 3.8) is 0 Å². The van der Waals surface area contributed by atoms with Crippen molar-refractivity contribution in [1.29, 1.82) is 0 Å². The Morgan fingerprint density at radius 3 is 1.40 bits per heavy atom. The van der Waals surface area contributed by atoms with E-state index in [2.05, 4.69) is 320 Å². The van der Waals surface area contributed by atoms with E-state index in [1.54, 1.807) is 0 Å². The number of aromatic nitrogens is 1. The molecule has 0 amide bonds. The van der Waals surface area contributed by atoms with Crippen LogP contribution in [0.3, 0.4) is 0 Å². The van der Waals surface area contributed by atoms with Crippen molar-refractivity contribution in [2.45, 2.75) is 90.9 Å². The van der Waals surface area contributed by atoms with Crippen molar-refractivity contribution in [3.8, 4) is 33.4 Å². The molecule has 12 aromatic carbocycles. The van der Waals surface area contributed by atoms with Gasteiger partial charge in [0.15, 0.2) is 0 Å². The molecular formula is C84H69N3O. The van der Waals surface area contributed by atoms with Gasteiger partial charge in [-0.3, -0.25) is 0 Å². The molecule has 0 fully saturated rings. The summed E-state index contributed by atoms with van der Waals surface area (Å²) in [6.45, 7) is 23.2. The Labute approximate surface area is 514 Å². The van der Waals surface area contributed by atoms with Gasteiger partial charge in [0.05, 0.1) is 16.6 Å². The summed E-state index contributed by atoms with van der Waals surface area (Å²) in [4.78, 5) is 4.91. The lowest BCUT2D eigenvalue weighted by Crippen LogP contribution is -2.16. The Bertz CT molecular complexity index is 5420. The van der Waals surface area contributed by atoms with E-state index in [4.69, 9.17) is 4.42 Å². The van der Waals surface area contributed by atoms with E-state index in [0.29, 0.717) is 0 Å². The lowest BCUT2D eigenvalue weighted by Gasteiger charge is -2.29. The lowest BCUT2D eigenvalue weighted by atomic mass is 9.82. The number of hydrogen-bond acceptors (Lipinski definition) is 3. The van der Waals surface area contributed by atoms with Crippen LogP contribution in [0.2, 0.25) is 0 Å². The maximum Gasteiger partial charge on any atom is 0.143 e. The lowest BCUT2D eigenvalue weighted by molar-refractivity contribution is 0.590. The number of nitrogens with zero attached hydrogens (tertiary/aromatic N) is 3. The fraction of sp³-hybridized carbons (Fsp3) is 0.167. The van der Waals surface area contributed by atoms with Crippen LogP contribution in [0.4, 0.5) is 34.1 Å². The molecule has 17 rings (SSSR count). The molecule has 0 aliphatic heterocycles. The molecule has 0 saturated carbocycles. The number of furan rings is 1. The van der Waals surface area contributed by atoms with Crippen LogP contribution in [0.25, 0.3) is 104 Å². The highest BCUT2D eigenvalue weighted by Gasteiger charge is 2.38. The second kappa shape index (κ2) is 18.3. The number of hydrogen-bond donors (Lipinski definition) is 0. The molecule has 0 spiro atoms. The molecule has 4 heteroatoms. The van der Waals surface area contributed by atoms with Gasteiger partial charge in [0.25, 0.3) is 0 Å². The van der Waals surface area contributed by atoms with Crippen molar-refractivity contribution >= 4 is 105 Å². The zero-order valence-electron chi connectivity index (χ0n) is 51.8. The number of fused-ring (bicyclic) bond motifs is 17. The van der Waals surface area contributed by atoms with Crippen LogP contribution < -0.4 is 9.80 Å². The first-order chi connectivity index (χ1) is 42.4. The fourth-order valence-corrected chi connectivity index (χ4v) is 15.5. The third-order valence-electron chi connectivity index (χ3n) is 20.1. The minimum Gasteiger partial charge on any atom is -0.455 e. The second-order valence-corrected chi connectivity index (χ2v) is 28.2. The Hall–Kier alpha value is -9.90. The first-order valence-electron chi connectivity index (χ1n) is 31.3. The molecule has 2 aliphatic carbocycles. The quantitative estimate of drug-likeness (QED) is 0.159. The van der Waals surface area contributed by atoms with Crippen LogP contribution in [-0.4, -0.2) is 4.40 Å². The maximum atomic E-state index is 7.32. The maximum absolute atomic E-state index is 7.32. The zero-order chi connectivity index (χ0) is 59.9. The average molecular weight is 1140 g/mol. The van der Waals surface area contributed by atoms with Gasteiger partial charge in [-0.15, -0.1) is 0 Å². The largest absolute Gasteiger partial charge is 0.455 e. The van der Waals surface area contributed by atoms with E-state index < -0.39 is 0 Å². The molecule has 426 valence electrons. The molecule has 3 heterocycles. The van der Waals surface area contributed by atoms with Crippen molar-refractivity contribution in [2.24, 2.45) is 0 Å². The summed E-state index contributed by atoms with van der Waals surface area (Å²) in [6, 6.07) is 89.5. The minimum atomic E-state index is -0.101. The number of rotatable bonds is 7. The van der Waals surface area contributed by atoms with Gasteiger partial charge < -0.3 is 18.6 Å². The molecule has 4 nitrogen and oxygen atoms in total. The first kappa shape index (κ1) is 52.4. The van der Waals surface area contributed by atoms with Crippen LogP contribution in [0.5, 0.6) is 0 Å². The van der Waals surface area contributed by atoms with Crippen molar-refractivity contribution in [2.75, 3.05) is 9.80 Å². The molecule has 0 N–H and O–H groups in total. The molecule has 88 heavy (non-hydrogen) atoms. The second-order valence-electron chi connectivity index (χ2n) is 28.2. The van der Waals surface area contributed by atoms with Gasteiger partial charge in [0.2, 0.25) is 0 Å². The summed E-state index contributed by atoms with van der Waals surface area (Å²) >= 11 is 0. The Morgan fingerprint density at radius 1 is 0.330 bits per heavy atom. The standard InChI is InChI=1S/C84H69N3O/c1-81(2,3)53-22-18-24-55(43-53)85(57-33-38-74-67(45-57)61-26-14-16-28-72(61)83(74,7)8)59-31-36-63-70-41-52(50-20-12-11-13-21-50)42-71-69-40-51-30-35-65-64-37-32-60(48-78(64)88-80(65)66(51)49-77(69)87(79(70)71)76(63)47-59)86(56-25-19-23-54(44-56)82(4,5)6)58-34-39-75-68(46-58)62-27-15-17-29-73(62)84(75,9)10/h11-49H,1-10H3. The Kier molecular flexibility index (Phi) is 10.9. The molecule has 15 aromatic rings. The SMILES string of the molecule is CC(C)(C)c1cccc(N(c2ccc3c(c2)-c2ccccc2C3(C)C)c2ccc3c(c2)oc2c4cc5c(cc4ccc32)c2cc(-c3ccccc3)cc3c4ccc(N(c6cccc(C(C)(C)C)c6)c6ccc7c(c6)-c6ccccc6C7(C)C)cc4n5c32)c1. The van der Waals surface area contributed by atoms with Crippen LogP contribution in [0.15, 0.2) is 241 Å². The summed E-state index contributed by atoms with van der Waals surface area (Å²) in [6.07, 6.45) is 0. The molecule has 0 radical (unpaired) electrons. The molecule has 0 atom stereocenters. The zero-order valence-corrected chi connectivity index (χ0v) is 51.8. The van der Waals surface area contributed by atoms with Gasteiger partial charge in [-0.25, -0.2) is 0 Å². The van der Waals surface area contributed by atoms with Gasteiger partial charge >= 0.3 is 0 Å². The van der Waals surface area contributed by atoms with E-state index >= 15 is 0 Å². The van der Waals surface area contributed by atoms with Gasteiger partial charge in [-0.1, -0.05) is 197 Å². The summed E-state index contributed by atoms with van der Waals surface area (Å²) in [5, 5.41) is 9.36. The van der Waals surface area contributed by atoms with Crippen molar-refractivity contribution in [3.05, 3.63) is 270 Å².